The molecular weight excluding hydrogens is 443 g/mol. The van der Waals surface area contributed by atoms with Gasteiger partial charge in [0.2, 0.25) is 0 Å². The van der Waals surface area contributed by atoms with E-state index in [9.17, 15) is 13.2 Å². The first-order chi connectivity index (χ1) is 15.0. The Balaban J connectivity index is 0.000000654. The van der Waals surface area contributed by atoms with Crippen LogP contribution in [0.2, 0.25) is 0 Å². The number of rotatable bonds is 7. The van der Waals surface area contributed by atoms with E-state index in [0.717, 1.165) is 31.7 Å². The molecule has 9 heteroatoms. The largest absolute Gasteiger partial charge is 0.416 e. The predicted octanol–water partition coefficient (Wildman–Crippen LogP) is 5.88. The minimum absolute atomic E-state index is 0.0696. The van der Waals surface area contributed by atoms with Crippen LogP contribution in [0.4, 0.5) is 13.2 Å². The second-order valence-corrected chi connectivity index (χ2v) is 8.19. The molecule has 0 amide bonds. The minimum atomic E-state index is -4.67. The highest BCUT2D eigenvalue weighted by molar-refractivity contribution is 7.79. The third-order valence-electron chi connectivity index (χ3n) is 5.03. The fraction of sp³-hybridized carbons (Fsp3) is 0.304. The van der Waals surface area contributed by atoms with E-state index in [4.69, 9.17) is 17.5 Å². The Bertz CT molecular complexity index is 1100. The highest BCUT2D eigenvalue weighted by Gasteiger charge is 2.30. The number of nitrogens with one attached hydrogen (secondary N) is 1. The van der Waals surface area contributed by atoms with E-state index in [1.807, 2.05) is 6.07 Å². The molecular formula is C23H26F3NO4S. The second kappa shape index (κ2) is 11.4. The van der Waals surface area contributed by atoms with Crippen LogP contribution in [0, 0.1) is 0 Å². The van der Waals surface area contributed by atoms with E-state index in [2.05, 4.69) is 41.7 Å². The Morgan fingerprint density at radius 2 is 1.56 bits per heavy atom. The number of fused-ring (bicyclic) bond motifs is 1. The van der Waals surface area contributed by atoms with Gasteiger partial charge in [-0.3, -0.25) is 9.11 Å². The molecule has 174 valence electrons. The highest BCUT2D eigenvalue weighted by atomic mass is 32.3. The topological polar surface area (TPSA) is 86.6 Å². The van der Waals surface area contributed by atoms with Crippen LogP contribution in [0.1, 0.15) is 42.0 Å². The number of halogens is 3. The SMILES string of the molecule is CNC(CCCCc1cccc2ccccc12)c1cccc(C(F)(F)F)c1.O=S(=O)(O)O. The summed E-state index contributed by atoms with van der Waals surface area (Å²) in [6.45, 7) is 0. The quantitative estimate of drug-likeness (QED) is 0.297. The lowest BCUT2D eigenvalue weighted by molar-refractivity contribution is -0.137. The third kappa shape index (κ3) is 8.58. The smallest absolute Gasteiger partial charge is 0.313 e. The monoisotopic (exact) mass is 469 g/mol. The molecule has 1 atom stereocenters. The van der Waals surface area contributed by atoms with Crippen molar-refractivity contribution in [3.05, 3.63) is 83.4 Å². The molecule has 0 aliphatic rings. The van der Waals surface area contributed by atoms with Gasteiger partial charge in [0.1, 0.15) is 0 Å². The molecule has 3 rings (SSSR count). The molecule has 3 N–H and O–H groups in total. The Morgan fingerprint density at radius 3 is 2.22 bits per heavy atom. The van der Waals surface area contributed by atoms with Gasteiger partial charge in [0.15, 0.2) is 0 Å². The fourth-order valence-corrected chi connectivity index (χ4v) is 3.58. The number of aryl methyl sites for hydroxylation is 1. The molecule has 0 fully saturated rings. The number of hydrogen-bond donors (Lipinski definition) is 3. The molecule has 3 aromatic carbocycles. The molecule has 0 aromatic heterocycles. The summed E-state index contributed by atoms with van der Waals surface area (Å²) >= 11 is 0. The van der Waals surface area contributed by atoms with E-state index in [1.54, 1.807) is 13.1 Å². The number of alkyl halides is 3. The van der Waals surface area contributed by atoms with Gasteiger partial charge in [0, 0.05) is 6.04 Å². The second-order valence-electron chi connectivity index (χ2n) is 7.30. The lowest BCUT2D eigenvalue weighted by atomic mass is 9.96. The van der Waals surface area contributed by atoms with Crippen LogP contribution in [0.5, 0.6) is 0 Å². The molecule has 0 aliphatic carbocycles. The van der Waals surface area contributed by atoms with Crippen molar-refractivity contribution in [3.8, 4) is 0 Å². The van der Waals surface area contributed by atoms with Crippen LogP contribution in [0.3, 0.4) is 0 Å². The van der Waals surface area contributed by atoms with Crippen molar-refractivity contribution >= 4 is 21.2 Å². The van der Waals surface area contributed by atoms with Crippen molar-refractivity contribution in [1.82, 2.24) is 5.32 Å². The van der Waals surface area contributed by atoms with Gasteiger partial charge in [0.05, 0.1) is 5.56 Å². The molecule has 0 spiro atoms. The maximum atomic E-state index is 12.9. The zero-order chi connectivity index (χ0) is 23.8. The van der Waals surface area contributed by atoms with Crippen LogP contribution < -0.4 is 5.32 Å². The summed E-state index contributed by atoms with van der Waals surface area (Å²) in [5.41, 5.74) is 1.43. The van der Waals surface area contributed by atoms with Crippen molar-refractivity contribution in [2.24, 2.45) is 0 Å². The normalized spacial score (nSPS) is 12.8. The van der Waals surface area contributed by atoms with Crippen LogP contribution in [0.25, 0.3) is 10.8 Å². The van der Waals surface area contributed by atoms with E-state index in [0.29, 0.717) is 5.56 Å². The average Bonchev–Trinajstić information content (AvgIpc) is 2.72. The molecule has 0 bridgehead atoms. The maximum absolute atomic E-state index is 12.9. The predicted molar refractivity (Wildman–Crippen MR) is 119 cm³/mol. The van der Waals surface area contributed by atoms with Crippen molar-refractivity contribution < 1.29 is 30.7 Å². The van der Waals surface area contributed by atoms with Gasteiger partial charge >= 0.3 is 16.6 Å². The lowest BCUT2D eigenvalue weighted by Gasteiger charge is -2.18. The number of hydrogen-bond acceptors (Lipinski definition) is 3. The van der Waals surface area contributed by atoms with Gasteiger partial charge < -0.3 is 5.32 Å². The Labute approximate surface area is 185 Å². The number of benzene rings is 3. The van der Waals surface area contributed by atoms with Crippen molar-refractivity contribution in [3.63, 3.8) is 0 Å². The molecule has 0 heterocycles. The molecule has 0 aliphatic heterocycles. The molecule has 1 unspecified atom stereocenters. The lowest BCUT2D eigenvalue weighted by Crippen LogP contribution is -2.17. The molecule has 5 nitrogen and oxygen atoms in total. The van der Waals surface area contributed by atoms with Crippen molar-refractivity contribution in [1.29, 1.82) is 0 Å². The van der Waals surface area contributed by atoms with Gasteiger partial charge in [0.25, 0.3) is 0 Å². The fourth-order valence-electron chi connectivity index (χ4n) is 3.58. The molecule has 32 heavy (non-hydrogen) atoms. The minimum Gasteiger partial charge on any atom is -0.313 e. The molecule has 3 aromatic rings. The molecule has 0 radical (unpaired) electrons. The standard InChI is InChI=1S/C23H24F3N.H2O4S/c1-27-22(19-12-7-13-20(16-19)23(24,25)26)15-5-3-9-18-11-6-10-17-8-2-4-14-21(17)18;1-5(2,3)4/h2,4,6-8,10-14,16,22,27H,3,5,9,15H2,1H3;(H2,1,2,3,4). The van der Waals surface area contributed by atoms with E-state index in [-0.39, 0.29) is 6.04 Å². The summed E-state index contributed by atoms with van der Waals surface area (Å²) in [5, 5.41) is 5.68. The van der Waals surface area contributed by atoms with Gasteiger partial charge in [-0.05, 0) is 60.3 Å². The van der Waals surface area contributed by atoms with E-state index >= 15 is 0 Å². The van der Waals surface area contributed by atoms with Gasteiger partial charge in [-0.1, -0.05) is 61.0 Å². The van der Waals surface area contributed by atoms with Crippen LogP contribution in [-0.2, 0) is 23.0 Å². The molecule has 0 saturated heterocycles. The first-order valence-electron chi connectivity index (χ1n) is 10.00. The third-order valence-corrected chi connectivity index (χ3v) is 5.03. The van der Waals surface area contributed by atoms with Gasteiger partial charge in [-0.25, -0.2) is 0 Å². The van der Waals surface area contributed by atoms with Gasteiger partial charge in [-0.15, -0.1) is 0 Å². The van der Waals surface area contributed by atoms with E-state index in [1.165, 1.54) is 28.5 Å². The Hall–Kier alpha value is -2.46. The van der Waals surface area contributed by atoms with Crippen LogP contribution >= 0.6 is 0 Å². The zero-order valence-electron chi connectivity index (χ0n) is 17.5. The van der Waals surface area contributed by atoms with Crippen LogP contribution in [-0.4, -0.2) is 24.6 Å². The van der Waals surface area contributed by atoms with Gasteiger partial charge in [-0.2, -0.15) is 21.6 Å². The van der Waals surface area contributed by atoms with Crippen molar-refractivity contribution in [2.45, 2.75) is 37.9 Å². The zero-order valence-corrected chi connectivity index (χ0v) is 18.3. The maximum Gasteiger partial charge on any atom is 0.416 e. The summed E-state index contributed by atoms with van der Waals surface area (Å²) in [6, 6.07) is 20.3. The number of unbranched alkanes of at least 4 members (excludes halogenated alkanes) is 1. The van der Waals surface area contributed by atoms with Crippen molar-refractivity contribution in [2.75, 3.05) is 7.05 Å². The van der Waals surface area contributed by atoms with E-state index < -0.39 is 22.1 Å². The Morgan fingerprint density at radius 1 is 0.938 bits per heavy atom. The summed E-state index contributed by atoms with van der Waals surface area (Å²) in [7, 11) is -2.87. The first kappa shape index (κ1) is 25.8. The van der Waals surface area contributed by atoms with Crippen LogP contribution in [0.15, 0.2) is 66.7 Å². The Kier molecular flexibility index (Phi) is 9.21. The highest BCUT2D eigenvalue weighted by Crippen LogP contribution is 2.31. The summed E-state index contributed by atoms with van der Waals surface area (Å²) in [6.07, 6.45) is -0.568. The summed E-state index contributed by atoms with van der Waals surface area (Å²) < 4.78 is 70.4. The summed E-state index contributed by atoms with van der Waals surface area (Å²) in [5.74, 6) is 0. The summed E-state index contributed by atoms with van der Waals surface area (Å²) in [4.78, 5) is 0. The molecule has 0 saturated carbocycles. The average molecular weight is 470 g/mol. The first-order valence-corrected chi connectivity index (χ1v) is 11.4.